The zero-order valence-electron chi connectivity index (χ0n) is 14.6. The Balaban J connectivity index is 1.87. The van der Waals surface area contributed by atoms with Crippen LogP contribution in [0.25, 0.3) is 0 Å². The van der Waals surface area contributed by atoms with Crippen LogP contribution in [0.5, 0.6) is 0 Å². The Kier molecular flexibility index (Phi) is 6.69. The summed E-state index contributed by atoms with van der Waals surface area (Å²) in [6, 6.07) is 13.7. The number of anilines is 1. The Hall–Kier alpha value is -2.69. The Morgan fingerprint density at radius 1 is 1.00 bits per heavy atom. The third-order valence-electron chi connectivity index (χ3n) is 3.99. The number of carbonyl (C=O) groups is 2. The van der Waals surface area contributed by atoms with Crippen molar-refractivity contribution in [1.82, 2.24) is 4.90 Å². The standard InChI is InChI=1S/C20H23FN2O2/c1-3-16-6-10-19(11-7-16)22-20(25)12-13-23(15(2)24)14-17-4-8-18(21)9-5-17/h4-11H,3,12-14H2,1-2H3,(H,22,25). The highest BCUT2D eigenvalue weighted by molar-refractivity contribution is 5.91. The molecule has 0 aliphatic heterocycles. The third-order valence-corrected chi connectivity index (χ3v) is 3.99. The fourth-order valence-electron chi connectivity index (χ4n) is 2.44. The van der Waals surface area contributed by atoms with Crippen LogP contribution in [0.1, 0.15) is 31.4 Å². The van der Waals surface area contributed by atoms with Gasteiger partial charge in [0.1, 0.15) is 5.82 Å². The van der Waals surface area contributed by atoms with E-state index in [0.29, 0.717) is 13.1 Å². The molecule has 0 heterocycles. The second-order valence-electron chi connectivity index (χ2n) is 5.92. The number of carbonyl (C=O) groups excluding carboxylic acids is 2. The molecular formula is C20H23FN2O2. The van der Waals surface area contributed by atoms with Crippen LogP contribution in [0.3, 0.4) is 0 Å². The number of hydrogen-bond acceptors (Lipinski definition) is 2. The highest BCUT2D eigenvalue weighted by Crippen LogP contribution is 2.11. The zero-order valence-corrected chi connectivity index (χ0v) is 14.6. The summed E-state index contributed by atoms with van der Waals surface area (Å²) in [5, 5.41) is 2.83. The normalized spacial score (nSPS) is 10.4. The van der Waals surface area contributed by atoms with Gasteiger partial charge in [-0.05, 0) is 41.8 Å². The molecule has 4 nitrogen and oxygen atoms in total. The van der Waals surface area contributed by atoms with E-state index in [9.17, 15) is 14.0 Å². The zero-order chi connectivity index (χ0) is 18.2. The summed E-state index contributed by atoms with van der Waals surface area (Å²) < 4.78 is 13.0. The van der Waals surface area contributed by atoms with Gasteiger partial charge in [-0.2, -0.15) is 0 Å². The first kappa shape index (κ1) is 18.6. The molecule has 5 heteroatoms. The molecule has 0 bridgehead atoms. The molecule has 0 fully saturated rings. The van der Waals surface area contributed by atoms with Crippen LogP contribution in [0.2, 0.25) is 0 Å². The van der Waals surface area contributed by atoms with Gasteiger partial charge in [0.2, 0.25) is 11.8 Å². The largest absolute Gasteiger partial charge is 0.338 e. The molecular weight excluding hydrogens is 319 g/mol. The van der Waals surface area contributed by atoms with Crippen molar-refractivity contribution in [2.24, 2.45) is 0 Å². The number of amides is 2. The maximum atomic E-state index is 13.0. The molecule has 0 radical (unpaired) electrons. The molecule has 0 unspecified atom stereocenters. The van der Waals surface area contributed by atoms with Crippen molar-refractivity contribution < 1.29 is 14.0 Å². The predicted molar refractivity (Wildman–Crippen MR) is 96.6 cm³/mol. The van der Waals surface area contributed by atoms with Gasteiger partial charge in [0.05, 0.1) is 0 Å². The average molecular weight is 342 g/mol. The predicted octanol–water partition coefficient (Wildman–Crippen LogP) is 3.77. The second kappa shape index (κ2) is 8.97. The van der Waals surface area contributed by atoms with Gasteiger partial charge in [0.15, 0.2) is 0 Å². The van der Waals surface area contributed by atoms with Crippen molar-refractivity contribution in [3.63, 3.8) is 0 Å². The SMILES string of the molecule is CCc1ccc(NC(=O)CCN(Cc2ccc(F)cc2)C(C)=O)cc1. The van der Waals surface area contributed by atoms with Gasteiger partial charge >= 0.3 is 0 Å². The number of aryl methyl sites for hydroxylation is 1. The van der Waals surface area contributed by atoms with E-state index in [1.807, 2.05) is 24.3 Å². The number of halogens is 1. The van der Waals surface area contributed by atoms with Gasteiger partial charge in [0, 0.05) is 32.1 Å². The van der Waals surface area contributed by atoms with E-state index < -0.39 is 0 Å². The Morgan fingerprint density at radius 3 is 2.16 bits per heavy atom. The van der Waals surface area contributed by atoms with Gasteiger partial charge in [-0.15, -0.1) is 0 Å². The molecule has 2 rings (SSSR count). The van der Waals surface area contributed by atoms with Gasteiger partial charge in [-0.25, -0.2) is 4.39 Å². The van der Waals surface area contributed by atoms with Crippen LogP contribution in [0, 0.1) is 5.82 Å². The highest BCUT2D eigenvalue weighted by atomic mass is 19.1. The smallest absolute Gasteiger partial charge is 0.226 e. The first-order valence-electron chi connectivity index (χ1n) is 8.36. The van der Waals surface area contributed by atoms with Crippen LogP contribution >= 0.6 is 0 Å². The molecule has 0 saturated carbocycles. The minimum absolute atomic E-state index is 0.121. The molecule has 0 aliphatic rings. The molecule has 0 aliphatic carbocycles. The molecule has 0 spiro atoms. The van der Waals surface area contributed by atoms with Gasteiger partial charge in [-0.3, -0.25) is 9.59 Å². The molecule has 2 aromatic carbocycles. The summed E-state index contributed by atoms with van der Waals surface area (Å²) in [7, 11) is 0. The first-order valence-corrected chi connectivity index (χ1v) is 8.36. The van der Waals surface area contributed by atoms with Crippen molar-refractivity contribution in [2.75, 3.05) is 11.9 Å². The Labute approximate surface area is 147 Å². The van der Waals surface area contributed by atoms with E-state index in [1.165, 1.54) is 24.6 Å². The lowest BCUT2D eigenvalue weighted by molar-refractivity contribution is -0.129. The van der Waals surface area contributed by atoms with E-state index >= 15 is 0 Å². The average Bonchev–Trinajstić information content (AvgIpc) is 2.60. The van der Waals surface area contributed by atoms with E-state index in [-0.39, 0.29) is 24.1 Å². The maximum Gasteiger partial charge on any atom is 0.226 e. The molecule has 0 atom stereocenters. The number of nitrogens with zero attached hydrogens (tertiary/aromatic N) is 1. The Bertz CT molecular complexity index is 711. The van der Waals surface area contributed by atoms with E-state index in [2.05, 4.69) is 12.2 Å². The summed E-state index contributed by atoms with van der Waals surface area (Å²) >= 11 is 0. The van der Waals surface area contributed by atoms with Gasteiger partial charge in [-0.1, -0.05) is 31.2 Å². The van der Waals surface area contributed by atoms with E-state index in [0.717, 1.165) is 17.7 Å². The van der Waals surface area contributed by atoms with Crippen LogP contribution in [-0.2, 0) is 22.6 Å². The first-order chi connectivity index (χ1) is 12.0. The van der Waals surface area contributed by atoms with E-state index in [4.69, 9.17) is 0 Å². The lowest BCUT2D eigenvalue weighted by Crippen LogP contribution is -2.31. The van der Waals surface area contributed by atoms with Crippen molar-refractivity contribution in [3.8, 4) is 0 Å². The summed E-state index contributed by atoms with van der Waals surface area (Å²) in [4.78, 5) is 25.4. The number of hydrogen-bond donors (Lipinski definition) is 1. The van der Waals surface area contributed by atoms with E-state index in [1.54, 1.807) is 17.0 Å². The maximum absolute atomic E-state index is 13.0. The van der Waals surface area contributed by atoms with Crippen molar-refractivity contribution in [3.05, 3.63) is 65.5 Å². The fraction of sp³-hybridized carbons (Fsp3) is 0.300. The molecule has 1 N–H and O–H groups in total. The Morgan fingerprint density at radius 2 is 1.60 bits per heavy atom. The summed E-state index contributed by atoms with van der Waals surface area (Å²) in [5.41, 5.74) is 2.78. The molecule has 2 aromatic rings. The summed E-state index contributed by atoms with van der Waals surface area (Å²) in [6.45, 7) is 4.20. The van der Waals surface area contributed by atoms with Crippen molar-refractivity contribution >= 4 is 17.5 Å². The summed E-state index contributed by atoms with van der Waals surface area (Å²) in [5.74, 6) is -0.578. The summed E-state index contributed by atoms with van der Waals surface area (Å²) in [6.07, 6.45) is 1.15. The van der Waals surface area contributed by atoms with Crippen molar-refractivity contribution in [2.45, 2.75) is 33.2 Å². The van der Waals surface area contributed by atoms with Crippen LogP contribution in [0.15, 0.2) is 48.5 Å². The highest BCUT2D eigenvalue weighted by Gasteiger charge is 2.12. The topological polar surface area (TPSA) is 49.4 Å². The van der Waals surface area contributed by atoms with Crippen LogP contribution in [0.4, 0.5) is 10.1 Å². The second-order valence-corrected chi connectivity index (χ2v) is 5.92. The quantitative estimate of drug-likeness (QED) is 0.833. The van der Waals surface area contributed by atoms with Crippen LogP contribution < -0.4 is 5.32 Å². The lowest BCUT2D eigenvalue weighted by atomic mass is 10.1. The molecule has 132 valence electrons. The van der Waals surface area contributed by atoms with Crippen LogP contribution in [-0.4, -0.2) is 23.3 Å². The fourth-order valence-corrected chi connectivity index (χ4v) is 2.44. The van der Waals surface area contributed by atoms with Gasteiger partial charge < -0.3 is 10.2 Å². The molecule has 0 aromatic heterocycles. The minimum Gasteiger partial charge on any atom is -0.338 e. The lowest BCUT2D eigenvalue weighted by Gasteiger charge is -2.21. The number of benzene rings is 2. The number of nitrogens with one attached hydrogen (secondary N) is 1. The minimum atomic E-state index is -0.313. The monoisotopic (exact) mass is 342 g/mol. The third kappa shape index (κ3) is 6.03. The number of rotatable bonds is 7. The molecule has 2 amide bonds. The molecule has 0 saturated heterocycles. The van der Waals surface area contributed by atoms with Gasteiger partial charge in [0.25, 0.3) is 0 Å². The molecule has 25 heavy (non-hydrogen) atoms. The van der Waals surface area contributed by atoms with Crippen molar-refractivity contribution in [1.29, 1.82) is 0 Å².